The molecule has 0 aliphatic rings. The lowest BCUT2D eigenvalue weighted by Gasteiger charge is -2.00. The van der Waals surface area contributed by atoms with Gasteiger partial charge in [-0.15, -0.1) is 0 Å². The summed E-state index contributed by atoms with van der Waals surface area (Å²) < 4.78 is 19.0. The fourth-order valence-corrected chi connectivity index (χ4v) is 2.09. The Balaban J connectivity index is 1.98. The number of fused-ring (bicyclic) bond motifs is 1. The molecule has 0 fully saturated rings. The molecule has 0 amide bonds. The maximum Gasteiger partial charge on any atom is 0.227 e. The number of halogens is 1. The predicted octanol–water partition coefficient (Wildman–Crippen LogP) is 3.74. The molecule has 0 saturated heterocycles. The standard InChI is InChI=1S/C16H15FN2O/c1-2-18-10-11-6-7-14-15(8-11)20-16(19-14)12-4-3-5-13(17)9-12/h3-9,18H,2,10H2,1H3. The van der Waals surface area contributed by atoms with Gasteiger partial charge < -0.3 is 9.73 Å². The Kier molecular flexibility index (Phi) is 3.48. The summed E-state index contributed by atoms with van der Waals surface area (Å²) in [5, 5.41) is 3.26. The van der Waals surface area contributed by atoms with E-state index in [1.165, 1.54) is 12.1 Å². The summed E-state index contributed by atoms with van der Waals surface area (Å²) >= 11 is 0. The van der Waals surface area contributed by atoms with Gasteiger partial charge >= 0.3 is 0 Å². The van der Waals surface area contributed by atoms with Crippen LogP contribution < -0.4 is 5.32 Å². The lowest BCUT2D eigenvalue weighted by atomic mass is 10.2. The minimum absolute atomic E-state index is 0.294. The van der Waals surface area contributed by atoms with Crippen LogP contribution in [0, 0.1) is 5.82 Å². The molecule has 3 nitrogen and oxygen atoms in total. The second-order valence-electron chi connectivity index (χ2n) is 4.61. The third-order valence-corrected chi connectivity index (χ3v) is 3.10. The summed E-state index contributed by atoms with van der Waals surface area (Å²) in [6.07, 6.45) is 0. The first-order valence-electron chi connectivity index (χ1n) is 6.62. The summed E-state index contributed by atoms with van der Waals surface area (Å²) in [5.41, 5.74) is 3.29. The van der Waals surface area contributed by atoms with Gasteiger partial charge in [0.25, 0.3) is 0 Å². The average Bonchev–Trinajstić information content (AvgIpc) is 2.88. The normalized spacial score (nSPS) is 11.1. The quantitative estimate of drug-likeness (QED) is 0.784. The number of hydrogen-bond acceptors (Lipinski definition) is 3. The SMILES string of the molecule is CCNCc1ccc2nc(-c3cccc(F)c3)oc2c1. The van der Waals surface area contributed by atoms with Gasteiger partial charge in [-0.3, -0.25) is 0 Å². The third kappa shape index (κ3) is 2.56. The second kappa shape index (κ2) is 5.43. The fourth-order valence-electron chi connectivity index (χ4n) is 2.09. The average molecular weight is 270 g/mol. The largest absolute Gasteiger partial charge is 0.436 e. The molecule has 3 aromatic rings. The van der Waals surface area contributed by atoms with Gasteiger partial charge in [0.05, 0.1) is 0 Å². The van der Waals surface area contributed by atoms with E-state index < -0.39 is 0 Å². The van der Waals surface area contributed by atoms with Crippen LogP contribution in [-0.2, 0) is 6.54 Å². The topological polar surface area (TPSA) is 38.1 Å². The molecule has 0 saturated carbocycles. The molecule has 0 aliphatic carbocycles. The molecule has 0 spiro atoms. The van der Waals surface area contributed by atoms with Crippen molar-refractivity contribution in [3.63, 3.8) is 0 Å². The van der Waals surface area contributed by atoms with Crippen molar-refractivity contribution in [3.05, 3.63) is 53.8 Å². The highest BCUT2D eigenvalue weighted by Crippen LogP contribution is 2.25. The number of benzene rings is 2. The van der Waals surface area contributed by atoms with E-state index in [2.05, 4.69) is 17.2 Å². The zero-order valence-corrected chi connectivity index (χ0v) is 11.2. The van der Waals surface area contributed by atoms with E-state index in [1.54, 1.807) is 12.1 Å². The second-order valence-corrected chi connectivity index (χ2v) is 4.61. The van der Waals surface area contributed by atoms with Crippen LogP contribution in [0.2, 0.25) is 0 Å². The minimum Gasteiger partial charge on any atom is -0.436 e. The molecule has 4 heteroatoms. The van der Waals surface area contributed by atoms with Crippen LogP contribution in [0.3, 0.4) is 0 Å². The summed E-state index contributed by atoms with van der Waals surface area (Å²) in [4.78, 5) is 4.39. The lowest BCUT2D eigenvalue weighted by molar-refractivity contribution is 0.610. The molecule has 0 radical (unpaired) electrons. The number of hydrogen-bond donors (Lipinski definition) is 1. The van der Waals surface area contributed by atoms with E-state index in [-0.39, 0.29) is 5.82 Å². The monoisotopic (exact) mass is 270 g/mol. The van der Waals surface area contributed by atoms with E-state index in [1.807, 2.05) is 18.2 Å². The molecule has 0 atom stereocenters. The van der Waals surface area contributed by atoms with Crippen molar-refractivity contribution in [2.24, 2.45) is 0 Å². The van der Waals surface area contributed by atoms with Crippen molar-refractivity contribution >= 4 is 11.1 Å². The molecule has 1 N–H and O–H groups in total. The Hall–Kier alpha value is -2.20. The van der Waals surface area contributed by atoms with Crippen LogP contribution in [0.15, 0.2) is 46.9 Å². The summed E-state index contributed by atoms with van der Waals surface area (Å²) in [6, 6.07) is 12.2. The molecule has 3 rings (SSSR count). The molecular weight excluding hydrogens is 255 g/mol. The first-order chi connectivity index (χ1) is 9.76. The maximum atomic E-state index is 13.2. The molecule has 1 heterocycles. The molecule has 0 aliphatic heterocycles. The Labute approximate surface area is 116 Å². The number of oxazole rings is 1. The van der Waals surface area contributed by atoms with Crippen LogP contribution in [0.4, 0.5) is 4.39 Å². The number of aromatic nitrogens is 1. The Bertz CT molecular complexity index is 736. The molecule has 0 unspecified atom stereocenters. The highest BCUT2D eigenvalue weighted by molar-refractivity contribution is 5.76. The zero-order valence-electron chi connectivity index (χ0n) is 11.2. The summed E-state index contributed by atoms with van der Waals surface area (Å²) in [5.74, 6) is 0.151. The van der Waals surface area contributed by atoms with E-state index in [0.717, 1.165) is 29.8 Å². The van der Waals surface area contributed by atoms with Crippen LogP contribution in [0.5, 0.6) is 0 Å². The van der Waals surface area contributed by atoms with Crippen molar-refractivity contribution in [1.82, 2.24) is 10.3 Å². The molecule has 102 valence electrons. The van der Waals surface area contributed by atoms with Gasteiger partial charge in [0.2, 0.25) is 5.89 Å². The van der Waals surface area contributed by atoms with Crippen molar-refractivity contribution < 1.29 is 8.81 Å². The first kappa shape index (κ1) is 12.8. The third-order valence-electron chi connectivity index (χ3n) is 3.10. The smallest absolute Gasteiger partial charge is 0.227 e. The van der Waals surface area contributed by atoms with Gasteiger partial charge in [0, 0.05) is 12.1 Å². The van der Waals surface area contributed by atoms with E-state index >= 15 is 0 Å². The van der Waals surface area contributed by atoms with Crippen molar-refractivity contribution in [2.45, 2.75) is 13.5 Å². The van der Waals surface area contributed by atoms with Crippen molar-refractivity contribution in [2.75, 3.05) is 6.54 Å². The predicted molar refractivity (Wildman–Crippen MR) is 76.8 cm³/mol. The van der Waals surface area contributed by atoms with Gasteiger partial charge in [-0.2, -0.15) is 0 Å². The van der Waals surface area contributed by atoms with Crippen LogP contribution in [0.25, 0.3) is 22.6 Å². The number of rotatable bonds is 4. The van der Waals surface area contributed by atoms with Gasteiger partial charge in [-0.25, -0.2) is 9.37 Å². The van der Waals surface area contributed by atoms with Gasteiger partial charge in [0.15, 0.2) is 5.58 Å². The number of nitrogens with one attached hydrogen (secondary N) is 1. The Morgan fingerprint density at radius 2 is 2.10 bits per heavy atom. The zero-order chi connectivity index (χ0) is 13.9. The van der Waals surface area contributed by atoms with Crippen molar-refractivity contribution in [3.8, 4) is 11.5 Å². The summed E-state index contributed by atoms with van der Waals surface area (Å²) in [7, 11) is 0. The van der Waals surface area contributed by atoms with Gasteiger partial charge in [-0.05, 0) is 42.4 Å². The van der Waals surface area contributed by atoms with Gasteiger partial charge in [-0.1, -0.05) is 19.1 Å². The summed E-state index contributed by atoms with van der Waals surface area (Å²) in [6.45, 7) is 3.78. The highest BCUT2D eigenvalue weighted by Gasteiger charge is 2.09. The van der Waals surface area contributed by atoms with Crippen LogP contribution in [-0.4, -0.2) is 11.5 Å². The minimum atomic E-state index is -0.294. The number of nitrogens with zero attached hydrogens (tertiary/aromatic N) is 1. The van der Waals surface area contributed by atoms with Crippen LogP contribution >= 0.6 is 0 Å². The Morgan fingerprint density at radius 1 is 1.20 bits per heavy atom. The first-order valence-corrected chi connectivity index (χ1v) is 6.62. The molecular formula is C16H15FN2O. The molecule has 1 aromatic heterocycles. The van der Waals surface area contributed by atoms with E-state index in [0.29, 0.717) is 11.5 Å². The fraction of sp³-hybridized carbons (Fsp3) is 0.188. The molecule has 2 aromatic carbocycles. The highest BCUT2D eigenvalue weighted by atomic mass is 19.1. The molecule has 0 bridgehead atoms. The molecule has 20 heavy (non-hydrogen) atoms. The van der Waals surface area contributed by atoms with E-state index in [4.69, 9.17) is 4.42 Å². The maximum absolute atomic E-state index is 13.2. The van der Waals surface area contributed by atoms with Crippen LogP contribution in [0.1, 0.15) is 12.5 Å². The van der Waals surface area contributed by atoms with Gasteiger partial charge in [0.1, 0.15) is 11.3 Å². The van der Waals surface area contributed by atoms with Crippen molar-refractivity contribution in [1.29, 1.82) is 0 Å². The van der Waals surface area contributed by atoms with E-state index in [9.17, 15) is 4.39 Å². The lowest BCUT2D eigenvalue weighted by Crippen LogP contribution is -2.11. The Morgan fingerprint density at radius 3 is 2.90 bits per heavy atom.